The number of aromatic nitrogens is 4. The molecule has 140 valence electrons. The fourth-order valence-corrected chi connectivity index (χ4v) is 2.45. The number of carbonyl (C=O) groups excluding carboxylic acids is 1. The smallest absolute Gasteiger partial charge is 0.319 e. The SMILES string of the molecule is CCc1ccc(NC(=O)NCCNc2ccc(-n3ccc(C)n3)nn2)cc1. The van der Waals surface area contributed by atoms with E-state index in [2.05, 4.69) is 38.2 Å². The zero-order valence-electron chi connectivity index (χ0n) is 15.4. The molecule has 0 aliphatic carbocycles. The molecule has 2 aromatic heterocycles. The number of nitrogens with one attached hydrogen (secondary N) is 3. The Morgan fingerprint density at radius 2 is 1.85 bits per heavy atom. The highest BCUT2D eigenvalue weighted by molar-refractivity contribution is 5.89. The molecule has 3 N–H and O–H groups in total. The standard InChI is InChI=1S/C19H23N7O/c1-3-15-4-6-16(7-5-15)22-19(27)21-12-11-20-17-8-9-18(24-23-17)26-13-10-14(2)25-26/h4-10,13H,3,11-12H2,1-2H3,(H,20,23)(H2,21,22,27). The Kier molecular flexibility index (Phi) is 5.98. The molecular formula is C19H23N7O. The molecule has 3 aromatic rings. The van der Waals surface area contributed by atoms with Gasteiger partial charge >= 0.3 is 6.03 Å². The second-order valence-electron chi connectivity index (χ2n) is 6.04. The third kappa shape index (κ3) is 5.27. The van der Waals surface area contributed by atoms with Crippen molar-refractivity contribution in [3.63, 3.8) is 0 Å². The van der Waals surface area contributed by atoms with E-state index in [0.29, 0.717) is 24.7 Å². The summed E-state index contributed by atoms with van der Waals surface area (Å²) in [6, 6.07) is 13.1. The summed E-state index contributed by atoms with van der Waals surface area (Å²) in [7, 11) is 0. The Morgan fingerprint density at radius 1 is 1.04 bits per heavy atom. The summed E-state index contributed by atoms with van der Waals surface area (Å²) in [5, 5.41) is 21.3. The van der Waals surface area contributed by atoms with E-state index in [0.717, 1.165) is 17.8 Å². The summed E-state index contributed by atoms with van der Waals surface area (Å²) in [6.45, 7) is 5.01. The molecule has 0 saturated carbocycles. The van der Waals surface area contributed by atoms with E-state index in [-0.39, 0.29) is 6.03 Å². The van der Waals surface area contributed by atoms with Crippen molar-refractivity contribution in [1.82, 2.24) is 25.3 Å². The van der Waals surface area contributed by atoms with E-state index in [9.17, 15) is 4.79 Å². The average molecular weight is 365 g/mol. The third-order valence-corrected chi connectivity index (χ3v) is 3.94. The second-order valence-corrected chi connectivity index (χ2v) is 6.04. The number of nitrogens with zero attached hydrogens (tertiary/aromatic N) is 4. The zero-order valence-corrected chi connectivity index (χ0v) is 15.4. The highest BCUT2D eigenvalue weighted by Gasteiger charge is 2.03. The normalized spacial score (nSPS) is 10.4. The first-order valence-electron chi connectivity index (χ1n) is 8.88. The van der Waals surface area contributed by atoms with Gasteiger partial charge in [-0.2, -0.15) is 5.10 Å². The second kappa shape index (κ2) is 8.79. The van der Waals surface area contributed by atoms with Gasteiger partial charge < -0.3 is 16.0 Å². The van der Waals surface area contributed by atoms with E-state index in [1.807, 2.05) is 55.6 Å². The Labute approximate surface area is 158 Å². The highest BCUT2D eigenvalue weighted by atomic mass is 16.2. The summed E-state index contributed by atoms with van der Waals surface area (Å²) in [5.41, 5.74) is 2.93. The third-order valence-electron chi connectivity index (χ3n) is 3.94. The monoisotopic (exact) mass is 365 g/mol. The summed E-state index contributed by atoms with van der Waals surface area (Å²) in [5.74, 6) is 1.29. The molecule has 1 aromatic carbocycles. The van der Waals surface area contributed by atoms with Crippen molar-refractivity contribution in [3.8, 4) is 5.82 Å². The minimum absolute atomic E-state index is 0.239. The maximum Gasteiger partial charge on any atom is 0.319 e. The molecule has 0 bridgehead atoms. The number of rotatable bonds is 7. The van der Waals surface area contributed by atoms with Crippen LogP contribution in [0.5, 0.6) is 0 Å². The largest absolute Gasteiger partial charge is 0.367 e. The number of hydrogen-bond donors (Lipinski definition) is 3. The molecule has 3 rings (SSSR count). The predicted molar refractivity (Wildman–Crippen MR) is 105 cm³/mol. The molecular weight excluding hydrogens is 342 g/mol. The molecule has 0 spiro atoms. The van der Waals surface area contributed by atoms with Crippen molar-refractivity contribution in [2.45, 2.75) is 20.3 Å². The van der Waals surface area contributed by atoms with Gasteiger partial charge in [0.1, 0.15) is 5.82 Å². The lowest BCUT2D eigenvalue weighted by Gasteiger charge is -2.09. The summed E-state index contributed by atoms with van der Waals surface area (Å²) < 4.78 is 1.67. The number of urea groups is 1. The molecule has 8 heteroatoms. The number of aryl methyl sites for hydroxylation is 2. The molecule has 0 aliphatic rings. The first-order chi connectivity index (χ1) is 13.1. The molecule has 0 radical (unpaired) electrons. The van der Waals surface area contributed by atoms with Crippen LogP contribution in [0.1, 0.15) is 18.2 Å². The van der Waals surface area contributed by atoms with Crippen LogP contribution in [-0.2, 0) is 6.42 Å². The Balaban J connectivity index is 1.39. The van der Waals surface area contributed by atoms with Crippen LogP contribution in [0.15, 0.2) is 48.7 Å². The van der Waals surface area contributed by atoms with Crippen molar-refractivity contribution < 1.29 is 4.79 Å². The van der Waals surface area contributed by atoms with E-state index in [1.54, 1.807) is 4.68 Å². The Morgan fingerprint density at radius 3 is 2.48 bits per heavy atom. The zero-order chi connectivity index (χ0) is 19.1. The topological polar surface area (TPSA) is 96.8 Å². The molecule has 27 heavy (non-hydrogen) atoms. The fraction of sp³-hybridized carbons (Fsp3) is 0.263. The number of anilines is 2. The molecule has 8 nitrogen and oxygen atoms in total. The van der Waals surface area contributed by atoms with Crippen LogP contribution in [0, 0.1) is 6.92 Å². The van der Waals surface area contributed by atoms with E-state index in [1.165, 1.54) is 5.56 Å². The number of benzene rings is 1. The van der Waals surface area contributed by atoms with Crippen LogP contribution < -0.4 is 16.0 Å². The van der Waals surface area contributed by atoms with Crippen molar-refractivity contribution in [3.05, 3.63) is 59.9 Å². The first kappa shape index (κ1) is 18.4. The number of hydrogen-bond acceptors (Lipinski definition) is 5. The van der Waals surface area contributed by atoms with Crippen molar-refractivity contribution in [2.24, 2.45) is 0 Å². The van der Waals surface area contributed by atoms with Gasteiger partial charge in [-0.25, -0.2) is 9.48 Å². The Bertz CT molecular complexity index is 872. The van der Waals surface area contributed by atoms with Crippen LogP contribution in [-0.4, -0.2) is 39.1 Å². The molecule has 0 atom stereocenters. The van der Waals surface area contributed by atoms with Crippen molar-refractivity contribution >= 4 is 17.5 Å². The van der Waals surface area contributed by atoms with Crippen molar-refractivity contribution in [2.75, 3.05) is 23.7 Å². The van der Waals surface area contributed by atoms with Gasteiger partial charge in [-0.15, -0.1) is 10.2 Å². The summed E-state index contributed by atoms with van der Waals surface area (Å²) in [4.78, 5) is 11.9. The van der Waals surface area contributed by atoms with Crippen LogP contribution in [0.3, 0.4) is 0 Å². The maximum atomic E-state index is 11.9. The minimum Gasteiger partial charge on any atom is -0.367 e. The lowest BCUT2D eigenvalue weighted by molar-refractivity contribution is 0.252. The van der Waals surface area contributed by atoms with Crippen LogP contribution in [0.2, 0.25) is 0 Å². The maximum absolute atomic E-state index is 11.9. The van der Waals surface area contributed by atoms with Gasteiger partial charge in [0.05, 0.1) is 5.69 Å². The van der Waals surface area contributed by atoms with Gasteiger partial charge in [-0.05, 0) is 49.2 Å². The lowest BCUT2D eigenvalue weighted by atomic mass is 10.1. The van der Waals surface area contributed by atoms with Crippen LogP contribution in [0.4, 0.5) is 16.3 Å². The molecule has 0 aliphatic heterocycles. The van der Waals surface area contributed by atoms with Gasteiger partial charge in [-0.3, -0.25) is 0 Å². The predicted octanol–water partition coefficient (Wildman–Crippen LogP) is 2.77. The van der Waals surface area contributed by atoms with Gasteiger partial charge in [0.2, 0.25) is 0 Å². The fourth-order valence-electron chi connectivity index (χ4n) is 2.45. The molecule has 0 fully saturated rings. The van der Waals surface area contributed by atoms with Gasteiger partial charge in [-0.1, -0.05) is 19.1 Å². The van der Waals surface area contributed by atoms with Gasteiger partial charge in [0, 0.05) is 25.0 Å². The minimum atomic E-state index is -0.239. The van der Waals surface area contributed by atoms with Crippen molar-refractivity contribution in [1.29, 1.82) is 0 Å². The van der Waals surface area contributed by atoms with Crippen LogP contribution >= 0.6 is 0 Å². The van der Waals surface area contributed by atoms with Gasteiger partial charge in [0.25, 0.3) is 0 Å². The molecule has 2 heterocycles. The van der Waals surface area contributed by atoms with E-state index in [4.69, 9.17) is 0 Å². The molecule has 0 saturated heterocycles. The quantitative estimate of drug-likeness (QED) is 0.560. The van der Waals surface area contributed by atoms with Crippen LogP contribution in [0.25, 0.3) is 5.82 Å². The lowest BCUT2D eigenvalue weighted by Crippen LogP contribution is -2.32. The molecule has 0 unspecified atom stereocenters. The highest BCUT2D eigenvalue weighted by Crippen LogP contribution is 2.09. The number of carbonyl (C=O) groups is 1. The first-order valence-corrected chi connectivity index (χ1v) is 8.88. The van der Waals surface area contributed by atoms with Gasteiger partial charge in [0.15, 0.2) is 5.82 Å². The number of amides is 2. The summed E-state index contributed by atoms with van der Waals surface area (Å²) in [6.07, 6.45) is 2.81. The molecule has 2 amide bonds. The summed E-state index contributed by atoms with van der Waals surface area (Å²) >= 11 is 0. The average Bonchev–Trinajstić information content (AvgIpc) is 3.13. The van der Waals surface area contributed by atoms with E-state index >= 15 is 0 Å². The Hall–Kier alpha value is -3.42. The van der Waals surface area contributed by atoms with E-state index < -0.39 is 0 Å².